The molecule has 5 fully saturated rings. The number of carbonyl (C=O) groups excluding carboxylic acids is 1. The molecule has 3 heterocycles. The first-order valence-electron chi connectivity index (χ1n) is 14.1. The highest BCUT2D eigenvalue weighted by molar-refractivity contribution is 5.76. The highest BCUT2D eigenvalue weighted by Crippen LogP contribution is 2.64. The minimum atomic E-state index is 0.0435. The average Bonchev–Trinajstić information content (AvgIpc) is 3.19. The van der Waals surface area contributed by atoms with Gasteiger partial charge < -0.3 is 15.0 Å². The second-order valence-corrected chi connectivity index (χ2v) is 13.4. The van der Waals surface area contributed by atoms with Crippen LogP contribution in [0.3, 0.4) is 0 Å². The predicted octanol–water partition coefficient (Wildman–Crippen LogP) is 5.18. The smallest absolute Gasteiger partial charge is 0.222 e. The molecule has 10 atom stereocenters. The molecule has 1 N–H and O–H groups in total. The molecule has 6 aliphatic rings. The van der Waals surface area contributed by atoms with Crippen molar-refractivity contribution in [1.29, 1.82) is 0 Å². The minimum absolute atomic E-state index is 0.0435. The summed E-state index contributed by atoms with van der Waals surface area (Å²) < 4.78 is 7.03. The molecule has 4 nitrogen and oxygen atoms in total. The van der Waals surface area contributed by atoms with Crippen LogP contribution in [0.25, 0.3) is 0 Å². The molecule has 4 heteroatoms. The van der Waals surface area contributed by atoms with E-state index >= 15 is 0 Å². The first kappa shape index (κ1) is 22.6. The predicted molar refractivity (Wildman–Crippen MR) is 132 cm³/mol. The molecule has 1 amide bonds. The van der Waals surface area contributed by atoms with Crippen LogP contribution in [0, 0.1) is 40.9 Å². The fourth-order valence-corrected chi connectivity index (χ4v) is 9.79. The number of rotatable bonds is 0. The molecule has 6 rings (SSSR count). The number of allylic oxidation sites excluding steroid dienone is 1. The van der Waals surface area contributed by atoms with Crippen LogP contribution in [0.2, 0.25) is 0 Å². The summed E-state index contributed by atoms with van der Waals surface area (Å²) in [6.07, 6.45) is 11.1. The van der Waals surface area contributed by atoms with Gasteiger partial charge >= 0.3 is 0 Å². The van der Waals surface area contributed by atoms with E-state index in [-0.39, 0.29) is 5.60 Å². The van der Waals surface area contributed by atoms with Crippen molar-refractivity contribution in [3.63, 3.8) is 0 Å². The molecular formula is C29H46N2O2. The van der Waals surface area contributed by atoms with Gasteiger partial charge in [0.05, 0.1) is 11.7 Å². The van der Waals surface area contributed by atoms with Gasteiger partial charge in [-0.15, -0.1) is 0 Å². The van der Waals surface area contributed by atoms with Crippen molar-refractivity contribution in [2.24, 2.45) is 40.9 Å². The summed E-state index contributed by atoms with van der Waals surface area (Å²) >= 11 is 0. The Balaban J connectivity index is 1.28. The lowest BCUT2D eigenvalue weighted by atomic mass is 9.55. The van der Waals surface area contributed by atoms with Crippen LogP contribution >= 0.6 is 0 Å². The molecular weight excluding hydrogens is 408 g/mol. The van der Waals surface area contributed by atoms with Gasteiger partial charge in [-0.1, -0.05) is 31.9 Å². The van der Waals surface area contributed by atoms with Crippen molar-refractivity contribution < 1.29 is 9.53 Å². The van der Waals surface area contributed by atoms with Gasteiger partial charge in [0.1, 0.15) is 0 Å². The number of piperidine rings is 1. The zero-order valence-corrected chi connectivity index (χ0v) is 21.7. The fourth-order valence-electron chi connectivity index (χ4n) is 9.79. The van der Waals surface area contributed by atoms with Gasteiger partial charge in [0.25, 0.3) is 0 Å². The lowest BCUT2D eigenvalue weighted by Crippen LogP contribution is -2.48. The largest absolute Gasteiger partial charge is 0.369 e. The minimum Gasteiger partial charge on any atom is -0.369 e. The molecule has 0 aromatic heterocycles. The van der Waals surface area contributed by atoms with Gasteiger partial charge in [-0.3, -0.25) is 4.79 Å². The van der Waals surface area contributed by atoms with Crippen LogP contribution < -0.4 is 5.32 Å². The first-order chi connectivity index (χ1) is 15.7. The number of ether oxygens (including phenoxy) is 1. The highest BCUT2D eigenvalue weighted by Gasteiger charge is 2.59. The van der Waals surface area contributed by atoms with E-state index in [0.29, 0.717) is 35.3 Å². The zero-order valence-electron chi connectivity index (χ0n) is 21.7. The summed E-state index contributed by atoms with van der Waals surface area (Å²) in [5, 5.41) is 3.86. The monoisotopic (exact) mass is 454 g/mol. The molecule has 3 saturated heterocycles. The third-order valence-electron chi connectivity index (χ3n) is 11.8. The van der Waals surface area contributed by atoms with Gasteiger partial charge in [-0.25, -0.2) is 0 Å². The van der Waals surface area contributed by atoms with E-state index in [0.717, 1.165) is 56.0 Å². The Morgan fingerprint density at radius 2 is 1.97 bits per heavy atom. The van der Waals surface area contributed by atoms with E-state index in [1.807, 2.05) is 11.9 Å². The lowest BCUT2D eigenvalue weighted by molar-refractivity contribution is -0.129. The van der Waals surface area contributed by atoms with Crippen LogP contribution in [0.4, 0.5) is 0 Å². The first-order valence-corrected chi connectivity index (χ1v) is 14.1. The van der Waals surface area contributed by atoms with Crippen molar-refractivity contribution in [2.75, 3.05) is 20.1 Å². The molecule has 0 aromatic rings. The van der Waals surface area contributed by atoms with E-state index < -0.39 is 0 Å². The zero-order chi connectivity index (χ0) is 23.1. The van der Waals surface area contributed by atoms with Crippen molar-refractivity contribution in [1.82, 2.24) is 10.2 Å². The highest BCUT2D eigenvalue weighted by atomic mass is 16.5. The third kappa shape index (κ3) is 3.33. The second kappa shape index (κ2) is 7.82. The standard InChI is InChI=1S/C29H46N2O2/c1-17-12-25-27(30-15-17)19(3)29(33-25)11-8-21-22-7-6-20-16-31(5)26(32)9-10-28(20,4)24(22)13-23(21)18(2)14-29/h17,19-22,24-25,27,30H,6-16H2,1-5H3. The number of nitrogens with one attached hydrogen (secondary N) is 1. The SMILES string of the molecule is CC1=C2CC3C(CCC4CN(C)C(=O)CCC43C)C2CCC2(C1)OC1CC(C)CNC1C2C. The number of hydrogen-bond acceptors (Lipinski definition) is 3. The Bertz CT molecular complexity index is 853. The number of carbonyl (C=O) groups is 1. The van der Waals surface area contributed by atoms with Crippen molar-refractivity contribution in [3.05, 3.63) is 11.1 Å². The summed E-state index contributed by atoms with van der Waals surface area (Å²) in [5.41, 5.74) is 3.83. The Hall–Kier alpha value is -0.870. The van der Waals surface area contributed by atoms with Crippen LogP contribution in [0.5, 0.6) is 0 Å². The van der Waals surface area contributed by atoms with Crippen LogP contribution in [0.15, 0.2) is 11.1 Å². The van der Waals surface area contributed by atoms with E-state index in [1.54, 1.807) is 11.1 Å². The van der Waals surface area contributed by atoms with Crippen LogP contribution in [0.1, 0.15) is 85.5 Å². The van der Waals surface area contributed by atoms with Gasteiger partial charge in [0, 0.05) is 32.0 Å². The summed E-state index contributed by atoms with van der Waals surface area (Å²) in [4.78, 5) is 14.6. The van der Waals surface area contributed by atoms with Gasteiger partial charge in [-0.2, -0.15) is 0 Å². The number of likely N-dealkylation sites (tertiary alicyclic amines) is 1. The van der Waals surface area contributed by atoms with E-state index in [9.17, 15) is 4.79 Å². The van der Waals surface area contributed by atoms with Crippen LogP contribution in [-0.4, -0.2) is 48.7 Å². The molecule has 2 saturated carbocycles. The van der Waals surface area contributed by atoms with Gasteiger partial charge in [-0.05, 0) is 99.8 Å². The maximum Gasteiger partial charge on any atom is 0.222 e. The van der Waals surface area contributed by atoms with Crippen molar-refractivity contribution >= 4 is 5.91 Å². The Morgan fingerprint density at radius 3 is 2.79 bits per heavy atom. The molecule has 0 radical (unpaired) electrons. The average molecular weight is 455 g/mol. The van der Waals surface area contributed by atoms with Crippen molar-refractivity contribution in [2.45, 2.75) is 103 Å². The van der Waals surface area contributed by atoms with Crippen molar-refractivity contribution in [3.8, 4) is 0 Å². The molecule has 3 aliphatic carbocycles. The number of nitrogens with zero attached hydrogens (tertiary/aromatic N) is 1. The van der Waals surface area contributed by atoms with E-state index in [4.69, 9.17) is 4.74 Å². The number of amides is 1. The molecule has 10 unspecified atom stereocenters. The molecule has 3 aliphatic heterocycles. The Kier molecular flexibility index (Phi) is 5.35. The maximum atomic E-state index is 12.5. The summed E-state index contributed by atoms with van der Waals surface area (Å²) in [6.45, 7) is 12.0. The molecule has 184 valence electrons. The normalized spacial score (nSPS) is 52.2. The third-order valence-corrected chi connectivity index (χ3v) is 11.8. The van der Waals surface area contributed by atoms with Gasteiger partial charge in [0.15, 0.2) is 0 Å². The van der Waals surface area contributed by atoms with Gasteiger partial charge in [0.2, 0.25) is 5.91 Å². The number of fused-ring (bicyclic) bond motifs is 6. The van der Waals surface area contributed by atoms with Crippen LogP contribution in [-0.2, 0) is 9.53 Å². The molecule has 1 spiro atoms. The topological polar surface area (TPSA) is 41.6 Å². The fraction of sp³-hybridized carbons (Fsp3) is 0.897. The molecule has 0 aromatic carbocycles. The Morgan fingerprint density at radius 1 is 1.15 bits per heavy atom. The number of hydrogen-bond donors (Lipinski definition) is 1. The lowest BCUT2D eigenvalue weighted by Gasteiger charge is -2.49. The summed E-state index contributed by atoms with van der Waals surface area (Å²) in [5.74, 6) is 4.71. The van der Waals surface area contributed by atoms with E-state index in [2.05, 4.69) is 33.0 Å². The summed E-state index contributed by atoms with van der Waals surface area (Å²) in [7, 11) is 2.03. The molecule has 0 bridgehead atoms. The molecule has 33 heavy (non-hydrogen) atoms. The van der Waals surface area contributed by atoms with E-state index in [1.165, 1.54) is 38.5 Å². The second-order valence-electron chi connectivity index (χ2n) is 13.4. The summed E-state index contributed by atoms with van der Waals surface area (Å²) in [6, 6.07) is 0.541. The Labute approximate surface area is 201 Å². The maximum absolute atomic E-state index is 12.5. The quantitative estimate of drug-likeness (QED) is 0.513.